The monoisotopic (exact) mass is 896 g/mol. The van der Waals surface area contributed by atoms with Gasteiger partial charge in [0, 0.05) is 57.5 Å². The molecule has 4 rings (SSSR count). The van der Waals surface area contributed by atoms with Gasteiger partial charge in [-0.15, -0.1) is 0 Å². The lowest BCUT2D eigenvalue weighted by molar-refractivity contribution is -0.436. The summed E-state index contributed by atoms with van der Waals surface area (Å²) in [6.07, 6.45) is 28.8. The lowest BCUT2D eigenvalue weighted by atomic mass is 9.71. The summed E-state index contributed by atoms with van der Waals surface area (Å²) in [6.45, 7) is 13.3. The third kappa shape index (κ3) is 14.3. The second-order valence-corrected chi connectivity index (χ2v) is 18.7. The fourth-order valence-electron chi connectivity index (χ4n) is 9.99. The minimum atomic E-state index is -0.887. The number of anilines is 1. The van der Waals surface area contributed by atoms with Gasteiger partial charge in [0.15, 0.2) is 12.3 Å². The second kappa shape index (κ2) is 26.4. The Morgan fingerprint density at radius 2 is 1.24 bits per heavy atom. The molecule has 2 atom stereocenters. The molecule has 2 aromatic rings. The molecule has 2 unspecified atom stereocenters. The molecule has 0 aliphatic carbocycles. The van der Waals surface area contributed by atoms with Gasteiger partial charge in [-0.1, -0.05) is 189 Å². The molecule has 9 heteroatoms. The van der Waals surface area contributed by atoms with E-state index in [1.54, 1.807) is 0 Å². The van der Waals surface area contributed by atoms with Crippen LogP contribution >= 0.6 is 23.2 Å². The highest BCUT2D eigenvalue weighted by molar-refractivity contribution is 6.29. The zero-order chi connectivity index (χ0) is 45.7. The van der Waals surface area contributed by atoms with Gasteiger partial charge >= 0.3 is 11.9 Å². The second-order valence-electron chi connectivity index (χ2n) is 17.6. The van der Waals surface area contributed by atoms with E-state index in [4.69, 9.17) is 23.2 Å². The fraction of sp³-hybridized carbons (Fsp3) is 0.519. The number of aliphatic carboxylic acids is 2. The molecule has 0 spiro atoms. The summed E-state index contributed by atoms with van der Waals surface area (Å²) in [4.78, 5) is 26.2. The molecule has 2 aliphatic heterocycles. The number of carboxylic acids is 2. The molecule has 63 heavy (non-hydrogen) atoms. The van der Waals surface area contributed by atoms with Crippen LogP contribution in [0.1, 0.15) is 166 Å². The van der Waals surface area contributed by atoms with Crippen molar-refractivity contribution in [3.8, 4) is 6.07 Å². The molecule has 0 saturated carbocycles. The Morgan fingerprint density at radius 3 is 1.79 bits per heavy atom. The van der Waals surface area contributed by atoms with Crippen LogP contribution in [0.3, 0.4) is 0 Å². The number of carbonyl (C=O) groups is 2. The van der Waals surface area contributed by atoms with Crippen LogP contribution in [0.25, 0.3) is 0 Å². The molecule has 0 aromatic heterocycles. The number of nitriles is 1. The normalized spacial score (nSPS) is 18.9. The van der Waals surface area contributed by atoms with Crippen LogP contribution in [-0.4, -0.2) is 45.5 Å². The average Bonchev–Trinajstić information content (AvgIpc) is 3.65. The van der Waals surface area contributed by atoms with Gasteiger partial charge in [-0.3, -0.25) is 9.59 Å². The van der Waals surface area contributed by atoms with E-state index in [2.05, 4.69) is 54.7 Å². The van der Waals surface area contributed by atoms with Crippen molar-refractivity contribution in [2.45, 2.75) is 166 Å². The summed E-state index contributed by atoms with van der Waals surface area (Å²) in [5.74, 6) is -1.77. The summed E-state index contributed by atoms with van der Waals surface area (Å²) >= 11 is 13.5. The van der Waals surface area contributed by atoms with Gasteiger partial charge < -0.3 is 15.1 Å². The predicted octanol–water partition coefficient (Wildman–Crippen LogP) is 15.0. The number of fused-ring (bicyclic) bond motifs is 2. The smallest absolute Gasteiger partial charge is 0.309 e. The van der Waals surface area contributed by atoms with Crippen LogP contribution in [0.5, 0.6) is 0 Å². The first-order valence-corrected chi connectivity index (χ1v) is 24.4. The van der Waals surface area contributed by atoms with E-state index in [0.717, 1.165) is 85.3 Å². The van der Waals surface area contributed by atoms with Crippen molar-refractivity contribution < 1.29 is 24.4 Å². The van der Waals surface area contributed by atoms with Crippen molar-refractivity contribution in [2.24, 2.45) is 0 Å². The minimum absolute atomic E-state index is 0.0616. The zero-order valence-corrected chi connectivity index (χ0v) is 39.6. The Hall–Kier alpha value is -4.38. The maximum atomic E-state index is 12.0. The van der Waals surface area contributed by atoms with Crippen LogP contribution in [0, 0.1) is 11.3 Å². The van der Waals surface area contributed by atoms with E-state index in [0.29, 0.717) is 28.5 Å². The molecular formula is C54H72Cl2N3O4+. The number of hydrogen-bond acceptors (Lipinski definition) is 4. The molecule has 0 fully saturated rings. The van der Waals surface area contributed by atoms with E-state index in [9.17, 15) is 25.1 Å². The van der Waals surface area contributed by atoms with Gasteiger partial charge in [0.1, 0.15) is 6.42 Å². The van der Waals surface area contributed by atoms with Gasteiger partial charge in [-0.25, -0.2) is 0 Å². The molecule has 0 saturated heterocycles. The third-order valence-corrected chi connectivity index (χ3v) is 13.2. The number of allylic oxidation sites excluding steroid dienone is 8. The van der Waals surface area contributed by atoms with Gasteiger partial charge in [0.2, 0.25) is 5.69 Å². The van der Waals surface area contributed by atoms with Crippen LogP contribution in [0.4, 0.5) is 11.4 Å². The number of carboxylic acid groups (broad SMARTS) is 2. The number of para-hydroxylation sites is 2. The van der Waals surface area contributed by atoms with Crippen molar-refractivity contribution in [2.75, 3.05) is 18.0 Å². The molecule has 2 heterocycles. The van der Waals surface area contributed by atoms with Crippen LogP contribution in [0.15, 0.2) is 107 Å². The highest BCUT2D eigenvalue weighted by Gasteiger charge is 2.51. The van der Waals surface area contributed by atoms with Crippen LogP contribution in [0.2, 0.25) is 0 Å². The SMILES string of the molecule is C=C(Cl)CC1(CCCCCCCCCC)C(/C=C/C(C#N)=C/C=C2/N(CCC(=O)O)c3ccccc3C2(CCCCCCCCCC)CC(=C)Cl)=[N+](CCC(=O)O)c2ccccc21. The number of unbranched alkanes of at least 4 members (excludes halogenated alkanes) is 14. The maximum absolute atomic E-state index is 12.0. The van der Waals surface area contributed by atoms with Crippen LogP contribution < -0.4 is 4.90 Å². The third-order valence-electron chi connectivity index (χ3n) is 13.0. The quantitative estimate of drug-likeness (QED) is 0.0338. The molecule has 0 amide bonds. The largest absolute Gasteiger partial charge is 0.481 e. The zero-order valence-electron chi connectivity index (χ0n) is 38.1. The van der Waals surface area contributed by atoms with Crippen molar-refractivity contribution in [1.82, 2.24) is 0 Å². The van der Waals surface area contributed by atoms with E-state index in [1.807, 2.05) is 60.7 Å². The number of hydrogen-bond donors (Lipinski definition) is 2. The maximum Gasteiger partial charge on any atom is 0.309 e. The van der Waals surface area contributed by atoms with E-state index in [-0.39, 0.29) is 25.9 Å². The summed E-state index contributed by atoms with van der Waals surface area (Å²) < 4.78 is 2.10. The Labute approximate surface area is 388 Å². The Balaban J connectivity index is 1.81. The molecule has 0 radical (unpaired) electrons. The average molecular weight is 898 g/mol. The Morgan fingerprint density at radius 1 is 0.730 bits per heavy atom. The van der Waals surface area contributed by atoms with Gasteiger partial charge in [0.05, 0.1) is 23.5 Å². The van der Waals surface area contributed by atoms with Crippen molar-refractivity contribution in [1.29, 1.82) is 5.26 Å². The van der Waals surface area contributed by atoms with Crippen molar-refractivity contribution in [3.63, 3.8) is 0 Å². The van der Waals surface area contributed by atoms with E-state index >= 15 is 0 Å². The molecular weight excluding hydrogens is 826 g/mol. The first kappa shape index (κ1) is 51.3. The molecule has 2 aromatic carbocycles. The van der Waals surface area contributed by atoms with E-state index < -0.39 is 22.8 Å². The van der Waals surface area contributed by atoms with Gasteiger partial charge in [-0.05, 0) is 49.1 Å². The Bertz CT molecular complexity index is 2040. The first-order chi connectivity index (χ1) is 30.4. The van der Waals surface area contributed by atoms with Gasteiger partial charge in [-0.2, -0.15) is 9.84 Å². The molecule has 2 N–H and O–H groups in total. The minimum Gasteiger partial charge on any atom is -0.481 e. The summed E-state index contributed by atoms with van der Waals surface area (Å²) in [5.41, 5.74) is 5.15. The molecule has 7 nitrogen and oxygen atoms in total. The summed E-state index contributed by atoms with van der Waals surface area (Å²) in [6, 6.07) is 18.8. The summed E-state index contributed by atoms with van der Waals surface area (Å²) in [5, 5.41) is 31.5. The fourth-order valence-corrected chi connectivity index (χ4v) is 10.4. The number of benzene rings is 2. The van der Waals surface area contributed by atoms with Crippen molar-refractivity contribution >= 4 is 52.2 Å². The Kier molecular flexibility index (Phi) is 21.5. The standard InChI is InChI=1S/C54H71Cl2N3O4/c1-5-7-9-11-13-15-17-23-35-53(39-42(3)55)45-25-19-21-27-47(45)58(37-33-51(60)61)49(53)31-29-44(41-57)30-32-50-54(40-43(4)56,36-24-18-16-14-12-10-8-6-2)46-26-20-22-28-48(46)59(50)38-34-52(62)63/h19-22,25-32H,3-18,23-24,33-40H2,1-2H3,(H-,60,61,62,63)/p+1. The summed E-state index contributed by atoms with van der Waals surface area (Å²) in [7, 11) is 0. The lowest BCUT2D eigenvalue weighted by Gasteiger charge is -2.34. The number of rotatable bonds is 31. The number of nitrogens with zero attached hydrogens (tertiary/aromatic N) is 3. The molecule has 0 bridgehead atoms. The number of halogens is 2. The van der Waals surface area contributed by atoms with Crippen molar-refractivity contribution in [3.05, 3.63) is 118 Å². The lowest BCUT2D eigenvalue weighted by Crippen LogP contribution is -2.35. The highest BCUT2D eigenvalue weighted by Crippen LogP contribution is 2.54. The van der Waals surface area contributed by atoms with E-state index in [1.165, 1.54) is 64.2 Å². The highest BCUT2D eigenvalue weighted by atomic mass is 35.5. The van der Waals surface area contributed by atoms with Gasteiger partial charge in [0.25, 0.3) is 0 Å². The molecule has 2 aliphatic rings. The molecule has 340 valence electrons. The topological polar surface area (TPSA) is 105 Å². The van der Waals surface area contributed by atoms with Crippen LogP contribution in [-0.2, 0) is 20.4 Å². The first-order valence-electron chi connectivity index (χ1n) is 23.7. The predicted molar refractivity (Wildman–Crippen MR) is 262 cm³/mol.